The monoisotopic (exact) mass is 570 g/mol. The Hall–Kier alpha value is -3.68. The number of halogens is 3. The van der Waals surface area contributed by atoms with Crippen LogP contribution in [0, 0.1) is 31.1 Å². The molecular weight excluding hydrogens is 541 g/mol. The number of aliphatic carboxylic acids is 1. The van der Waals surface area contributed by atoms with E-state index in [-0.39, 0.29) is 30.3 Å². The SMILES string of the molecule is Cc1ccc(C(CC(=O)O)c2ccc(C#N)cc2C)cc1CN1CC(C)Cc2ccc(C(F)(F)F)cc2S1(=O)=O. The summed E-state index contributed by atoms with van der Waals surface area (Å²) in [4.78, 5) is 11.5. The number of carboxylic acid groups (broad SMARTS) is 1. The van der Waals surface area contributed by atoms with Gasteiger partial charge in [-0.15, -0.1) is 0 Å². The first-order valence-corrected chi connectivity index (χ1v) is 14.2. The van der Waals surface area contributed by atoms with Crippen LogP contribution < -0.4 is 0 Å². The summed E-state index contributed by atoms with van der Waals surface area (Å²) in [6.07, 6.45) is -4.58. The lowest BCUT2D eigenvalue weighted by Gasteiger charge is -2.25. The second kappa shape index (κ2) is 11.1. The Balaban J connectivity index is 1.76. The topological polar surface area (TPSA) is 98.5 Å². The average Bonchev–Trinajstić information content (AvgIpc) is 2.96. The number of nitriles is 1. The van der Waals surface area contributed by atoms with E-state index in [0.29, 0.717) is 28.7 Å². The lowest BCUT2D eigenvalue weighted by molar-refractivity contribution is -0.138. The molecule has 3 aromatic carbocycles. The number of alkyl halides is 3. The van der Waals surface area contributed by atoms with Crippen LogP contribution in [0.3, 0.4) is 0 Å². The minimum atomic E-state index is -4.68. The van der Waals surface area contributed by atoms with E-state index in [9.17, 15) is 36.8 Å². The number of nitrogens with zero attached hydrogens (tertiary/aromatic N) is 2. The fourth-order valence-corrected chi connectivity index (χ4v) is 7.10. The van der Waals surface area contributed by atoms with Crippen LogP contribution in [0.2, 0.25) is 0 Å². The Labute approximate surface area is 231 Å². The van der Waals surface area contributed by atoms with Crippen molar-refractivity contribution in [2.75, 3.05) is 6.54 Å². The second-order valence-corrected chi connectivity index (χ2v) is 12.4. The Morgan fingerprint density at radius 1 is 1.10 bits per heavy atom. The lowest BCUT2D eigenvalue weighted by atomic mass is 9.84. The highest BCUT2D eigenvalue weighted by molar-refractivity contribution is 7.89. The van der Waals surface area contributed by atoms with E-state index in [1.165, 1.54) is 10.4 Å². The number of rotatable bonds is 6. The Bertz CT molecular complexity index is 1610. The van der Waals surface area contributed by atoms with E-state index in [2.05, 4.69) is 6.07 Å². The molecule has 0 amide bonds. The van der Waals surface area contributed by atoms with Gasteiger partial charge in [0, 0.05) is 19.0 Å². The van der Waals surface area contributed by atoms with Crippen LogP contribution in [0.4, 0.5) is 13.2 Å². The van der Waals surface area contributed by atoms with Gasteiger partial charge >= 0.3 is 12.1 Å². The third-order valence-corrected chi connectivity index (χ3v) is 9.27. The smallest absolute Gasteiger partial charge is 0.416 e. The molecule has 40 heavy (non-hydrogen) atoms. The zero-order valence-corrected chi connectivity index (χ0v) is 23.1. The predicted octanol–water partition coefficient (Wildman–Crippen LogP) is 6.18. The van der Waals surface area contributed by atoms with Crippen LogP contribution in [-0.2, 0) is 34.0 Å². The van der Waals surface area contributed by atoms with Gasteiger partial charge in [0.05, 0.1) is 28.5 Å². The van der Waals surface area contributed by atoms with Crippen molar-refractivity contribution in [2.45, 2.75) is 57.1 Å². The maximum absolute atomic E-state index is 13.7. The minimum absolute atomic E-state index is 0.0752. The third kappa shape index (κ3) is 6.06. The minimum Gasteiger partial charge on any atom is -0.481 e. The normalized spacial score (nSPS) is 17.9. The maximum Gasteiger partial charge on any atom is 0.416 e. The number of carbonyl (C=O) groups is 1. The summed E-state index contributed by atoms with van der Waals surface area (Å²) >= 11 is 0. The molecule has 1 N–H and O–H groups in total. The number of hydrogen-bond donors (Lipinski definition) is 1. The van der Waals surface area contributed by atoms with Gasteiger partial charge in [0.1, 0.15) is 0 Å². The molecule has 2 unspecified atom stereocenters. The van der Waals surface area contributed by atoms with E-state index in [1.54, 1.807) is 43.3 Å². The Morgan fingerprint density at radius 2 is 1.82 bits per heavy atom. The van der Waals surface area contributed by atoms with Crippen molar-refractivity contribution < 1.29 is 31.5 Å². The fourth-order valence-electron chi connectivity index (χ4n) is 5.30. The first kappa shape index (κ1) is 29.3. The van der Waals surface area contributed by atoms with Crippen molar-refractivity contribution in [1.29, 1.82) is 5.26 Å². The molecular formula is C30H29F3N2O4S. The Morgan fingerprint density at radius 3 is 2.45 bits per heavy atom. The zero-order chi connectivity index (χ0) is 29.4. The van der Waals surface area contributed by atoms with Crippen molar-refractivity contribution >= 4 is 16.0 Å². The van der Waals surface area contributed by atoms with Gasteiger partial charge in [-0.05, 0) is 83.8 Å². The van der Waals surface area contributed by atoms with Crippen LogP contribution in [0.5, 0.6) is 0 Å². The highest BCUT2D eigenvalue weighted by Crippen LogP contribution is 2.37. The Kier molecular flexibility index (Phi) is 8.11. The van der Waals surface area contributed by atoms with Gasteiger partial charge in [0.2, 0.25) is 10.0 Å². The largest absolute Gasteiger partial charge is 0.481 e. The molecule has 0 fully saturated rings. The van der Waals surface area contributed by atoms with Crippen LogP contribution in [-0.4, -0.2) is 30.3 Å². The summed E-state index contributed by atoms with van der Waals surface area (Å²) < 4.78 is 69.0. The van der Waals surface area contributed by atoms with Crippen molar-refractivity contribution in [1.82, 2.24) is 4.31 Å². The predicted molar refractivity (Wildman–Crippen MR) is 143 cm³/mol. The molecule has 3 aromatic rings. The highest BCUT2D eigenvalue weighted by atomic mass is 32.2. The van der Waals surface area contributed by atoms with Crippen LogP contribution in [0.25, 0.3) is 0 Å². The third-order valence-electron chi connectivity index (χ3n) is 7.37. The summed E-state index contributed by atoms with van der Waals surface area (Å²) in [5.41, 5.74) is 3.35. The molecule has 0 bridgehead atoms. The van der Waals surface area contributed by atoms with Crippen molar-refractivity contribution in [3.05, 3.63) is 99.1 Å². The van der Waals surface area contributed by atoms with E-state index < -0.39 is 33.7 Å². The molecule has 1 aliphatic heterocycles. The average molecular weight is 571 g/mol. The number of hydrogen-bond acceptors (Lipinski definition) is 4. The van der Waals surface area contributed by atoms with Gasteiger partial charge in [-0.25, -0.2) is 8.42 Å². The van der Waals surface area contributed by atoms with Gasteiger partial charge in [-0.2, -0.15) is 22.7 Å². The van der Waals surface area contributed by atoms with Gasteiger partial charge < -0.3 is 5.11 Å². The number of benzene rings is 3. The maximum atomic E-state index is 13.7. The number of aryl methyl sites for hydroxylation is 2. The van der Waals surface area contributed by atoms with Crippen LogP contribution in [0.15, 0.2) is 59.5 Å². The van der Waals surface area contributed by atoms with Crippen molar-refractivity contribution in [3.63, 3.8) is 0 Å². The molecule has 10 heteroatoms. The van der Waals surface area contributed by atoms with Crippen molar-refractivity contribution in [3.8, 4) is 6.07 Å². The fraction of sp³-hybridized carbons (Fsp3) is 0.333. The molecule has 1 aliphatic rings. The lowest BCUT2D eigenvalue weighted by Crippen LogP contribution is -2.33. The molecule has 210 valence electrons. The standard InChI is InChI=1S/C30H29F3N2O4S/c1-18-10-23-7-8-25(30(31,32)33)13-28(23)40(38,39)35(16-18)17-24-12-22(6-4-19(24)2)27(14-29(36)37)26-9-5-21(15-34)11-20(26)3/h4-9,11-13,18,27H,10,14,16-17H2,1-3H3,(H,36,37). The first-order valence-electron chi connectivity index (χ1n) is 12.7. The molecule has 0 aromatic heterocycles. The van der Waals surface area contributed by atoms with E-state index in [4.69, 9.17) is 0 Å². The van der Waals surface area contributed by atoms with Gasteiger partial charge in [0.25, 0.3) is 0 Å². The molecule has 0 radical (unpaired) electrons. The zero-order valence-electron chi connectivity index (χ0n) is 22.3. The molecule has 0 saturated heterocycles. The van der Waals surface area contributed by atoms with E-state index in [1.807, 2.05) is 13.8 Å². The molecule has 2 atom stereocenters. The van der Waals surface area contributed by atoms with Gasteiger partial charge in [-0.3, -0.25) is 4.79 Å². The molecule has 4 rings (SSSR count). The molecule has 6 nitrogen and oxygen atoms in total. The molecule has 0 aliphatic carbocycles. The summed E-state index contributed by atoms with van der Waals surface area (Å²) in [5, 5.41) is 18.9. The van der Waals surface area contributed by atoms with Crippen LogP contribution in [0.1, 0.15) is 63.8 Å². The quantitative estimate of drug-likeness (QED) is 0.382. The molecule has 1 heterocycles. The second-order valence-electron chi connectivity index (χ2n) is 10.4. The van der Waals surface area contributed by atoms with E-state index >= 15 is 0 Å². The number of carboxylic acids is 1. The van der Waals surface area contributed by atoms with Gasteiger partial charge in [0.15, 0.2) is 0 Å². The highest BCUT2D eigenvalue weighted by Gasteiger charge is 2.37. The van der Waals surface area contributed by atoms with Crippen molar-refractivity contribution in [2.24, 2.45) is 5.92 Å². The molecule has 0 saturated carbocycles. The van der Waals surface area contributed by atoms with E-state index in [0.717, 1.165) is 28.8 Å². The first-order chi connectivity index (χ1) is 18.7. The van der Waals surface area contributed by atoms with Crippen LogP contribution >= 0.6 is 0 Å². The summed E-state index contributed by atoms with van der Waals surface area (Å²) in [5.74, 6) is -1.71. The molecule has 0 spiro atoms. The number of sulfonamides is 1. The number of fused-ring (bicyclic) bond motifs is 1. The summed E-state index contributed by atoms with van der Waals surface area (Å²) in [6.45, 7) is 5.51. The summed E-state index contributed by atoms with van der Waals surface area (Å²) in [7, 11) is -4.26. The summed E-state index contributed by atoms with van der Waals surface area (Å²) in [6, 6.07) is 15.4. The van der Waals surface area contributed by atoms with Gasteiger partial charge in [-0.1, -0.05) is 37.3 Å².